The van der Waals surface area contributed by atoms with E-state index in [4.69, 9.17) is 9.94 Å². The number of rotatable bonds is 4. The average molecular weight is 331 g/mol. The Morgan fingerprint density at radius 1 is 1.38 bits per heavy atom. The smallest absolute Gasteiger partial charge is 0.273 e. The lowest BCUT2D eigenvalue weighted by atomic mass is 9.96. The topological polar surface area (TPSA) is 91.2 Å². The highest BCUT2D eigenvalue weighted by Crippen LogP contribution is 2.34. The summed E-state index contributed by atoms with van der Waals surface area (Å²) in [5, 5.41) is 15.7. The first kappa shape index (κ1) is 16.4. The largest absolute Gasteiger partial charge is 0.396 e. The minimum Gasteiger partial charge on any atom is -0.396 e. The molecule has 0 radical (unpaired) electrons. The predicted molar refractivity (Wildman–Crippen MR) is 88.6 cm³/mol. The van der Waals surface area contributed by atoms with Gasteiger partial charge in [-0.3, -0.25) is 9.59 Å². The third-order valence-corrected chi connectivity index (χ3v) is 4.48. The van der Waals surface area contributed by atoms with Crippen molar-refractivity contribution >= 4 is 23.2 Å². The molecule has 0 aliphatic carbocycles. The first-order chi connectivity index (χ1) is 11.5. The normalized spacial score (nSPS) is 22.4. The average Bonchev–Trinajstić information content (AvgIpc) is 3.17. The first-order valence-electron chi connectivity index (χ1n) is 8.03. The van der Waals surface area contributed by atoms with Gasteiger partial charge < -0.3 is 20.2 Å². The number of hydrogen-bond acceptors (Lipinski definition) is 5. The lowest BCUT2D eigenvalue weighted by molar-refractivity contribution is -0.129. The highest BCUT2D eigenvalue weighted by atomic mass is 16.7. The molecule has 0 saturated carbocycles. The SMILES string of the molecule is CC(=O)N1CCC2(CC(C(=O)Nc3ccc(CCO)cc3)=NO2)C1. The van der Waals surface area contributed by atoms with E-state index in [2.05, 4.69) is 10.5 Å². The molecule has 2 heterocycles. The third kappa shape index (κ3) is 3.41. The molecule has 1 atom stereocenters. The van der Waals surface area contributed by atoms with Gasteiger partial charge >= 0.3 is 0 Å². The molecule has 1 saturated heterocycles. The number of benzene rings is 1. The summed E-state index contributed by atoms with van der Waals surface area (Å²) in [7, 11) is 0. The fourth-order valence-electron chi connectivity index (χ4n) is 3.06. The maximum absolute atomic E-state index is 12.3. The van der Waals surface area contributed by atoms with Crippen LogP contribution in [0.1, 0.15) is 25.3 Å². The van der Waals surface area contributed by atoms with Crippen molar-refractivity contribution in [1.29, 1.82) is 0 Å². The van der Waals surface area contributed by atoms with Crippen LogP contribution in [0.3, 0.4) is 0 Å². The van der Waals surface area contributed by atoms with Crippen LogP contribution in [0.15, 0.2) is 29.4 Å². The lowest BCUT2D eigenvalue weighted by Gasteiger charge is -2.20. The van der Waals surface area contributed by atoms with Crippen molar-refractivity contribution < 1.29 is 19.5 Å². The summed E-state index contributed by atoms with van der Waals surface area (Å²) >= 11 is 0. The fraction of sp³-hybridized carbons (Fsp3) is 0.471. The van der Waals surface area contributed by atoms with Crippen molar-refractivity contribution in [3.8, 4) is 0 Å². The predicted octanol–water partition coefficient (Wildman–Crippen LogP) is 0.927. The molecule has 0 bridgehead atoms. The van der Waals surface area contributed by atoms with Gasteiger partial charge in [0, 0.05) is 38.6 Å². The molecule has 1 fully saturated rings. The number of nitrogens with one attached hydrogen (secondary N) is 1. The summed E-state index contributed by atoms with van der Waals surface area (Å²) < 4.78 is 0. The van der Waals surface area contributed by atoms with Crippen LogP contribution in [0, 0.1) is 0 Å². The van der Waals surface area contributed by atoms with Gasteiger partial charge in [-0.15, -0.1) is 0 Å². The van der Waals surface area contributed by atoms with Crippen LogP contribution < -0.4 is 5.32 Å². The van der Waals surface area contributed by atoms with Crippen LogP contribution >= 0.6 is 0 Å². The van der Waals surface area contributed by atoms with E-state index in [9.17, 15) is 9.59 Å². The van der Waals surface area contributed by atoms with Crippen LogP contribution in [0.4, 0.5) is 5.69 Å². The van der Waals surface area contributed by atoms with Gasteiger partial charge in [0.15, 0.2) is 5.60 Å². The number of carbonyl (C=O) groups excluding carboxylic acids is 2. The van der Waals surface area contributed by atoms with E-state index in [1.165, 1.54) is 6.92 Å². The zero-order valence-electron chi connectivity index (χ0n) is 13.6. The molecule has 24 heavy (non-hydrogen) atoms. The Hall–Kier alpha value is -2.41. The number of amides is 2. The molecule has 2 N–H and O–H groups in total. The first-order valence-corrected chi connectivity index (χ1v) is 8.03. The van der Waals surface area contributed by atoms with E-state index >= 15 is 0 Å². The molecular weight excluding hydrogens is 310 g/mol. The summed E-state index contributed by atoms with van der Waals surface area (Å²) in [5.74, 6) is -0.278. The van der Waals surface area contributed by atoms with Crippen molar-refractivity contribution in [2.75, 3.05) is 25.0 Å². The van der Waals surface area contributed by atoms with Crippen LogP contribution in [-0.4, -0.2) is 52.8 Å². The number of hydrogen-bond donors (Lipinski definition) is 2. The zero-order chi connectivity index (χ0) is 17.2. The Morgan fingerprint density at radius 2 is 2.12 bits per heavy atom. The molecule has 1 aromatic carbocycles. The molecule has 1 spiro atoms. The van der Waals surface area contributed by atoms with Gasteiger partial charge in [-0.2, -0.15) is 0 Å². The Kier molecular flexibility index (Phi) is 4.53. The maximum Gasteiger partial charge on any atom is 0.273 e. The Balaban J connectivity index is 1.58. The Labute approximate surface area is 140 Å². The van der Waals surface area contributed by atoms with Gasteiger partial charge in [-0.25, -0.2) is 0 Å². The van der Waals surface area contributed by atoms with E-state index in [1.807, 2.05) is 12.1 Å². The van der Waals surface area contributed by atoms with Crippen LogP contribution in [0.25, 0.3) is 0 Å². The number of oxime groups is 1. The Morgan fingerprint density at radius 3 is 2.75 bits per heavy atom. The summed E-state index contributed by atoms with van der Waals surface area (Å²) in [4.78, 5) is 31.0. The van der Waals surface area contributed by atoms with Crippen molar-refractivity contribution in [3.05, 3.63) is 29.8 Å². The van der Waals surface area contributed by atoms with Gasteiger partial charge in [-0.1, -0.05) is 17.3 Å². The molecule has 1 aromatic rings. The van der Waals surface area contributed by atoms with Crippen LogP contribution in [0.2, 0.25) is 0 Å². The highest BCUT2D eigenvalue weighted by Gasteiger charge is 2.47. The Bertz CT molecular complexity index is 671. The fourth-order valence-corrected chi connectivity index (χ4v) is 3.06. The molecule has 7 nitrogen and oxygen atoms in total. The summed E-state index contributed by atoms with van der Waals surface area (Å²) in [5.41, 5.74) is 1.47. The molecule has 3 rings (SSSR count). The van der Waals surface area contributed by atoms with Crippen molar-refractivity contribution in [2.24, 2.45) is 5.16 Å². The van der Waals surface area contributed by atoms with E-state index in [0.29, 0.717) is 43.8 Å². The second-order valence-corrected chi connectivity index (χ2v) is 6.30. The quantitative estimate of drug-likeness (QED) is 0.858. The van der Waals surface area contributed by atoms with Gasteiger partial charge in [0.25, 0.3) is 5.91 Å². The summed E-state index contributed by atoms with van der Waals surface area (Å²) in [6.07, 6.45) is 1.68. The van der Waals surface area contributed by atoms with Gasteiger partial charge in [0.1, 0.15) is 5.71 Å². The van der Waals surface area contributed by atoms with E-state index < -0.39 is 5.60 Å². The van der Waals surface area contributed by atoms with Gasteiger partial charge in [-0.05, 0) is 24.1 Å². The van der Waals surface area contributed by atoms with Crippen molar-refractivity contribution in [1.82, 2.24) is 4.90 Å². The van der Waals surface area contributed by atoms with E-state index in [0.717, 1.165) is 5.56 Å². The van der Waals surface area contributed by atoms with E-state index in [1.54, 1.807) is 17.0 Å². The van der Waals surface area contributed by atoms with Gasteiger partial charge in [0.2, 0.25) is 5.91 Å². The number of carbonyl (C=O) groups is 2. The second-order valence-electron chi connectivity index (χ2n) is 6.30. The molecule has 1 unspecified atom stereocenters. The minimum absolute atomic E-state index is 0.0105. The molecule has 7 heteroatoms. The number of anilines is 1. The number of likely N-dealkylation sites (tertiary alicyclic amines) is 1. The van der Waals surface area contributed by atoms with Crippen LogP contribution in [0.5, 0.6) is 0 Å². The monoisotopic (exact) mass is 331 g/mol. The molecular formula is C17H21N3O4. The molecule has 2 aliphatic rings. The van der Waals surface area contributed by atoms with Crippen molar-refractivity contribution in [3.63, 3.8) is 0 Å². The summed E-state index contributed by atoms with van der Waals surface area (Å²) in [6, 6.07) is 7.31. The lowest BCUT2D eigenvalue weighted by Crippen LogP contribution is -2.36. The van der Waals surface area contributed by atoms with E-state index in [-0.39, 0.29) is 18.4 Å². The molecule has 128 valence electrons. The second kappa shape index (κ2) is 6.60. The van der Waals surface area contributed by atoms with Gasteiger partial charge in [0.05, 0.1) is 6.54 Å². The maximum atomic E-state index is 12.3. The molecule has 2 aliphatic heterocycles. The minimum atomic E-state index is -0.552. The third-order valence-electron chi connectivity index (χ3n) is 4.48. The standard InChI is InChI=1S/C17H21N3O4/c1-12(22)20-8-7-17(11-20)10-15(19-24-17)16(23)18-14-4-2-13(3-5-14)6-9-21/h2-5,21H,6-11H2,1H3,(H,18,23). The number of aliphatic hydroxyl groups is 1. The number of nitrogens with zero attached hydrogens (tertiary/aromatic N) is 2. The molecule has 2 amide bonds. The summed E-state index contributed by atoms with van der Waals surface area (Å²) in [6.45, 7) is 2.73. The molecule has 0 aromatic heterocycles. The van der Waals surface area contributed by atoms with Crippen molar-refractivity contribution in [2.45, 2.75) is 31.8 Å². The van der Waals surface area contributed by atoms with Crippen LogP contribution in [-0.2, 0) is 20.8 Å². The highest BCUT2D eigenvalue weighted by molar-refractivity contribution is 6.43. The zero-order valence-corrected chi connectivity index (χ0v) is 13.6. The number of aliphatic hydroxyl groups excluding tert-OH is 1.